The first kappa shape index (κ1) is 15.4. The predicted octanol–water partition coefficient (Wildman–Crippen LogP) is 3.75. The van der Waals surface area contributed by atoms with E-state index >= 15 is 0 Å². The van der Waals surface area contributed by atoms with E-state index in [2.05, 4.69) is 26.2 Å². The molecule has 5 heteroatoms. The fourth-order valence-electron chi connectivity index (χ4n) is 1.81. The van der Waals surface area contributed by atoms with Gasteiger partial charge < -0.3 is 5.32 Å². The maximum absolute atomic E-state index is 11.9. The molecule has 1 heterocycles. The number of hydrogen-bond donors (Lipinski definition) is 1. The van der Waals surface area contributed by atoms with Crippen molar-refractivity contribution in [2.45, 2.75) is 19.8 Å². The minimum Gasteiger partial charge on any atom is -0.311 e. The topological polar surface area (TPSA) is 59.1 Å². The van der Waals surface area contributed by atoms with Crippen molar-refractivity contribution >= 4 is 33.4 Å². The Bertz CT molecular complexity index is 657. The zero-order valence-electron chi connectivity index (χ0n) is 11.6. The van der Waals surface area contributed by atoms with Gasteiger partial charge in [-0.05, 0) is 34.5 Å². The van der Waals surface area contributed by atoms with Crippen LogP contribution in [0.25, 0.3) is 0 Å². The van der Waals surface area contributed by atoms with Crippen LogP contribution in [-0.4, -0.2) is 16.7 Å². The standard InChI is InChI=1S/C16H15BrN2O2/c1-11-9-15(18-10-13(11)17)19-16(21)8-7-14(20)12-5-3-2-4-6-12/h2-6,9-10H,7-8H2,1H3,(H,18,19,21). The molecule has 0 fully saturated rings. The number of benzene rings is 1. The van der Waals surface area contributed by atoms with Crippen LogP contribution in [0.5, 0.6) is 0 Å². The fraction of sp³-hybridized carbons (Fsp3) is 0.188. The Morgan fingerprint density at radius 2 is 1.90 bits per heavy atom. The van der Waals surface area contributed by atoms with Crippen molar-refractivity contribution in [2.75, 3.05) is 5.32 Å². The fourth-order valence-corrected chi connectivity index (χ4v) is 2.03. The molecule has 1 N–H and O–H groups in total. The van der Waals surface area contributed by atoms with Crippen molar-refractivity contribution in [2.24, 2.45) is 0 Å². The first-order valence-electron chi connectivity index (χ1n) is 6.56. The summed E-state index contributed by atoms with van der Waals surface area (Å²) in [5.41, 5.74) is 1.61. The van der Waals surface area contributed by atoms with Gasteiger partial charge in [0.2, 0.25) is 5.91 Å². The minimum atomic E-state index is -0.214. The van der Waals surface area contributed by atoms with Crippen molar-refractivity contribution in [3.05, 3.63) is 58.2 Å². The Morgan fingerprint density at radius 1 is 1.19 bits per heavy atom. The number of pyridine rings is 1. The van der Waals surface area contributed by atoms with Gasteiger partial charge in [0.25, 0.3) is 0 Å². The summed E-state index contributed by atoms with van der Waals surface area (Å²) in [4.78, 5) is 27.8. The molecular weight excluding hydrogens is 332 g/mol. The third-order valence-corrected chi connectivity index (χ3v) is 3.82. The van der Waals surface area contributed by atoms with Gasteiger partial charge in [0.05, 0.1) is 0 Å². The van der Waals surface area contributed by atoms with Crippen LogP contribution in [0.15, 0.2) is 47.1 Å². The smallest absolute Gasteiger partial charge is 0.225 e. The number of halogens is 1. The van der Waals surface area contributed by atoms with Gasteiger partial charge in [-0.25, -0.2) is 4.98 Å². The quantitative estimate of drug-likeness (QED) is 0.838. The first-order valence-corrected chi connectivity index (χ1v) is 7.36. The van der Waals surface area contributed by atoms with Gasteiger partial charge in [-0.2, -0.15) is 0 Å². The van der Waals surface area contributed by atoms with Crippen LogP contribution in [0.1, 0.15) is 28.8 Å². The molecular formula is C16H15BrN2O2. The summed E-state index contributed by atoms with van der Waals surface area (Å²) >= 11 is 3.35. The molecule has 1 aromatic carbocycles. The van der Waals surface area contributed by atoms with E-state index in [9.17, 15) is 9.59 Å². The van der Waals surface area contributed by atoms with E-state index in [4.69, 9.17) is 0 Å². The van der Waals surface area contributed by atoms with Crippen molar-refractivity contribution in [3.8, 4) is 0 Å². The molecule has 2 rings (SSSR count). The number of hydrogen-bond acceptors (Lipinski definition) is 3. The number of aryl methyl sites for hydroxylation is 1. The summed E-state index contributed by atoms with van der Waals surface area (Å²) in [7, 11) is 0. The zero-order chi connectivity index (χ0) is 15.2. The third kappa shape index (κ3) is 4.49. The number of nitrogens with zero attached hydrogens (tertiary/aromatic N) is 1. The van der Waals surface area contributed by atoms with Gasteiger partial charge in [-0.15, -0.1) is 0 Å². The van der Waals surface area contributed by atoms with Gasteiger partial charge in [-0.1, -0.05) is 30.3 Å². The second kappa shape index (κ2) is 7.13. The molecule has 4 nitrogen and oxygen atoms in total. The number of amides is 1. The lowest BCUT2D eigenvalue weighted by Gasteiger charge is -2.06. The maximum atomic E-state index is 11.9. The van der Waals surface area contributed by atoms with Crippen molar-refractivity contribution < 1.29 is 9.59 Å². The molecule has 0 bridgehead atoms. The Labute approximate surface area is 131 Å². The van der Waals surface area contributed by atoms with E-state index in [1.54, 1.807) is 24.4 Å². The van der Waals surface area contributed by atoms with Gasteiger partial charge in [-0.3, -0.25) is 9.59 Å². The van der Waals surface area contributed by atoms with Crippen molar-refractivity contribution in [1.29, 1.82) is 0 Å². The average Bonchev–Trinajstić information content (AvgIpc) is 2.49. The summed E-state index contributed by atoms with van der Waals surface area (Å²) in [6.07, 6.45) is 1.97. The Hall–Kier alpha value is -2.01. The molecule has 2 aromatic rings. The lowest BCUT2D eigenvalue weighted by Crippen LogP contribution is -2.14. The summed E-state index contributed by atoms with van der Waals surface area (Å²) < 4.78 is 0.889. The average molecular weight is 347 g/mol. The van der Waals surface area contributed by atoms with Crippen LogP contribution in [0.4, 0.5) is 5.82 Å². The SMILES string of the molecule is Cc1cc(NC(=O)CCC(=O)c2ccccc2)ncc1Br. The van der Waals surface area contributed by atoms with E-state index in [0.717, 1.165) is 10.0 Å². The highest BCUT2D eigenvalue weighted by molar-refractivity contribution is 9.10. The van der Waals surface area contributed by atoms with Crippen LogP contribution in [-0.2, 0) is 4.79 Å². The van der Waals surface area contributed by atoms with Crippen LogP contribution in [0, 0.1) is 6.92 Å². The lowest BCUT2D eigenvalue weighted by atomic mass is 10.1. The Kier molecular flexibility index (Phi) is 5.22. The molecule has 0 aliphatic carbocycles. The number of Topliss-reactive ketones (excluding diaryl/α,β-unsaturated/α-hetero) is 1. The molecule has 1 aromatic heterocycles. The lowest BCUT2D eigenvalue weighted by molar-refractivity contribution is -0.116. The van der Waals surface area contributed by atoms with Crippen LogP contribution in [0.3, 0.4) is 0 Å². The molecule has 0 saturated carbocycles. The van der Waals surface area contributed by atoms with Gasteiger partial charge in [0, 0.05) is 29.1 Å². The number of aromatic nitrogens is 1. The first-order chi connectivity index (χ1) is 10.1. The second-order valence-electron chi connectivity index (χ2n) is 4.66. The number of carbonyl (C=O) groups is 2. The highest BCUT2D eigenvalue weighted by Crippen LogP contribution is 2.17. The van der Waals surface area contributed by atoms with Crippen molar-refractivity contribution in [3.63, 3.8) is 0 Å². The summed E-state index contributed by atoms with van der Waals surface area (Å²) in [6.45, 7) is 1.92. The maximum Gasteiger partial charge on any atom is 0.225 e. The zero-order valence-corrected chi connectivity index (χ0v) is 13.2. The normalized spacial score (nSPS) is 10.2. The second-order valence-corrected chi connectivity index (χ2v) is 5.51. The number of rotatable bonds is 5. The highest BCUT2D eigenvalue weighted by atomic mass is 79.9. The van der Waals surface area contributed by atoms with Crippen LogP contribution < -0.4 is 5.32 Å². The molecule has 108 valence electrons. The molecule has 0 saturated heterocycles. The van der Waals surface area contributed by atoms with E-state index < -0.39 is 0 Å². The molecule has 0 aliphatic rings. The highest BCUT2D eigenvalue weighted by Gasteiger charge is 2.10. The van der Waals surface area contributed by atoms with Gasteiger partial charge >= 0.3 is 0 Å². The number of ketones is 1. The minimum absolute atomic E-state index is 0.0364. The third-order valence-electron chi connectivity index (χ3n) is 2.99. The van der Waals surface area contributed by atoms with Crippen LogP contribution >= 0.6 is 15.9 Å². The van der Waals surface area contributed by atoms with Crippen molar-refractivity contribution in [1.82, 2.24) is 4.98 Å². The monoisotopic (exact) mass is 346 g/mol. The van der Waals surface area contributed by atoms with Gasteiger partial charge in [0.15, 0.2) is 5.78 Å². The molecule has 0 unspecified atom stereocenters. The predicted molar refractivity (Wildman–Crippen MR) is 85.3 cm³/mol. The van der Waals surface area contributed by atoms with Gasteiger partial charge in [0.1, 0.15) is 5.82 Å². The molecule has 0 radical (unpaired) electrons. The number of carbonyl (C=O) groups excluding carboxylic acids is 2. The summed E-state index contributed by atoms with van der Waals surface area (Å²) in [6, 6.07) is 10.7. The number of nitrogens with one attached hydrogen (secondary N) is 1. The Morgan fingerprint density at radius 3 is 2.57 bits per heavy atom. The largest absolute Gasteiger partial charge is 0.311 e. The van der Waals surface area contributed by atoms with E-state index in [1.807, 2.05) is 25.1 Å². The van der Waals surface area contributed by atoms with E-state index in [1.165, 1.54) is 0 Å². The van der Waals surface area contributed by atoms with E-state index in [0.29, 0.717) is 11.4 Å². The molecule has 21 heavy (non-hydrogen) atoms. The molecule has 0 aliphatic heterocycles. The molecule has 0 spiro atoms. The summed E-state index contributed by atoms with van der Waals surface area (Å²) in [5, 5.41) is 2.69. The Balaban J connectivity index is 1.87. The molecule has 1 amide bonds. The van der Waals surface area contributed by atoms with Crippen LogP contribution in [0.2, 0.25) is 0 Å². The summed E-state index contributed by atoms with van der Waals surface area (Å²) in [5.74, 6) is 0.243. The molecule has 0 atom stereocenters. The number of anilines is 1. The van der Waals surface area contributed by atoms with E-state index in [-0.39, 0.29) is 24.5 Å².